The molecular weight excluding hydrogens is 285 g/mol. The van der Waals surface area contributed by atoms with Crippen molar-refractivity contribution in [1.29, 1.82) is 5.26 Å². The van der Waals surface area contributed by atoms with Crippen LogP contribution in [0.3, 0.4) is 0 Å². The van der Waals surface area contributed by atoms with Gasteiger partial charge in [0.05, 0.1) is 5.69 Å². The summed E-state index contributed by atoms with van der Waals surface area (Å²) in [7, 11) is 0. The minimum absolute atomic E-state index is 0.0195. The van der Waals surface area contributed by atoms with E-state index >= 15 is 0 Å². The lowest BCUT2D eigenvalue weighted by atomic mass is 9.86. The van der Waals surface area contributed by atoms with Crippen LogP contribution < -0.4 is 10.6 Å². The van der Waals surface area contributed by atoms with Crippen LogP contribution >= 0.6 is 0 Å². The van der Waals surface area contributed by atoms with E-state index in [0.29, 0.717) is 18.5 Å². The Hall–Kier alpha value is -2.29. The van der Waals surface area contributed by atoms with E-state index < -0.39 is 17.5 Å². The van der Waals surface area contributed by atoms with Gasteiger partial charge < -0.3 is 15.4 Å². The highest BCUT2D eigenvalue weighted by molar-refractivity contribution is 5.68. The minimum atomic E-state index is -0.532. The summed E-state index contributed by atoms with van der Waals surface area (Å²) in [5.74, 6) is -0.532. The van der Waals surface area contributed by atoms with E-state index in [4.69, 9.17) is 10.00 Å². The summed E-state index contributed by atoms with van der Waals surface area (Å²) in [4.78, 5) is 11.6. The number of amides is 1. The fraction of sp³-hybridized carbons (Fsp3) is 0.500. The molecule has 0 spiro atoms. The highest BCUT2D eigenvalue weighted by Crippen LogP contribution is 2.27. The quantitative estimate of drug-likeness (QED) is 0.899. The van der Waals surface area contributed by atoms with Crippen molar-refractivity contribution in [2.45, 2.75) is 51.3 Å². The predicted octanol–water partition coefficient (Wildman–Crippen LogP) is 3.16. The lowest BCUT2D eigenvalue weighted by molar-refractivity contribution is 0.0475. The monoisotopic (exact) mass is 305 g/mol. The second-order valence-electron chi connectivity index (χ2n) is 6.43. The van der Waals surface area contributed by atoms with E-state index in [0.717, 1.165) is 0 Å². The SMILES string of the molecule is CC(C)(C)OC(=O)NC1CC(Nc2cccc(F)c2C#N)C1. The van der Waals surface area contributed by atoms with E-state index in [1.54, 1.807) is 12.1 Å². The molecule has 1 amide bonds. The molecule has 0 bridgehead atoms. The van der Waals surface area contributed by atoms with Gasteiger partial charge in [0.1, 0.15) is 23.1 Å². The number of hydrogen-bond acceptors (Lipinski definition) is 4. The molecule has 1 aliphatic carbocycles. The van der Waals surface area contributed by atoms with Crippen molar-refractivity contribution in [2.75, 3.05) is 5.32 Å². The van der Waals surface area contributed by atoms with Crippen LogP contribution in [0.15, 0.2) is 18.2 Å². The summed E-state index contributed by atoms with van der Waals surface area (Å²) >= 11 is 0. The Labute approximate surface area is 129 Å². The molecule has 1 aromatic carbocycles. The van der Waals surface area contributed by atoms with Gasteiger partial charge >= 0.3 is 6.09 Å². The van der Waals surface area contributed by atoms with Gasteiger partial charge in [-0.2, -0.15) is 5.26 Å². The normalized spacial score (nSPS) is 20.5. The molecule has 0 unspecified atom stereocenters. The summed E-state index contributed by atoms with van der Waals surface area (Å²) in [6.07, 6.45) is 0.987. The number of ether oxygens (including phenoxy) is 1. The van der Waals surface area contributed by atoms with Crippen LogP contribution in [0.1, 0.15) is 39.2 Å². The number of halogens is 1. The number of benzene rings is 1. The number of anilines is 1. The zero-order chi connectivity index (χ0) is 16.3. The number of rotatable bonds is 3. The van der Waals surface area contributed by atoms with Gasteiger partial charge in [0.2, 0.25) is 0 Å². The van der Waals surface area contributed by atoms with E-state index in [9.17, 15) is 9.18 Å². The number of alkyl carbamates (subject to hydrolysis) is 1. The second kappa shape index (κ2) is 6.22. The molecule has 0 radical (unpaired) electrons. The Morgan fingerprint density at radius 1 is 1.36 bits per heavy atom. The van der Waals surface area contributed by atoms with E-state index in [2.05, 4.69) is 10.6 Å². The summed E-state index contributed by atoms with van der Waals surface area (Å²) in [6, 6.07) is 6.50. The van der Waals surface area contributed by atoms with Crippen LogP contribution in [0, 0.1) is 17.1 Å². The van der Waals surface area contributed by atoms with Crippen LogP contribution in [0.2, 0.25) is 0 Å². The molecule has 2 rings (SSSR count). The van der Waals surface area contributed by atoms with Crippen LogP contribution in [-0.2, 0) is 4.74 Å². The van der Waals surface area contributed by atoms with Crippen molar-refractivity contribution in [3.8, 4) is 6.07 Å². The van der Waals surface area contributed by atoms with Gasteiger partial charge in [-0.15, -0.1) is 0 Å². The Morgan fingerprint density at radius 3 is 2.64 bits per heavy atom. The summed E-state index contributed by atoms with van der Waals surface area (Å²) in [6.45, 7) is 5.43. The van der Waals surface area contributed by atoms with Gasteiger partial charge in [-0.25, -0.2) is 9.18 Å². The molecule has 1 fully saturated rings. The lowest BCUT2D eigenvalue weighted by Crippen LogP contribution is -2.50. The van der Waals surface area contributed by atoms with Crippen molar-refractivity contribution in [3.63, 3.8) is 0 Å². The number of carbonyl (C=O) groups excluding carboxylic acids is 1. The third-order valence-corrected chi connectivity index (χ3v) is 3.34. The molecule has 0 saturated heterocycles. The molecule has 0 aromatic heterocycles. The third-order valence-electron chi connectivity index (χ3n) is 3.34. The van der Waals surface area contributed by atoms with Crippen LogP contribution in [0.25, 0.3) is 0 Å². The Bertz CT molecular complexity index is 598. The highest BCUT2D eigenvalue weighted by Gasteiger charge is 2.32. The van der Waals surface area contributed by atoms with Crippen LogP contribution in [0.4, 0.5) is 14.9 Å². The summed E-state index contributed by atoms with van der Waals surface area (Å²) < 4.78 is 18.7. The molecule has 1 saturated carbocycles. The van der Waals surface area contributed by atoms with Gasteiger partial charge in [-0.1, -0.05) is 6.07 Å². The molecule has 22 heavy (non-hydrogen) atoms. The molecule has 2 N–H and O–H groups in total. The molecule has 0 heterocycles. The second-order valence-corrected chi connectivity index (χ2v) is 6.43. The molecule has 1 aliphatic rings. The maximum absolute atomic E-state index is 13.5. The Morgan fingerprint density at radius 2 is 2.05 bits per heavy atom. The summed E-state index contributed by atoms with van der Waals surface area (Å²) in [5.41, 5.74) is -0.0105. The number of nitriles is 1. The third kappa shape index (κ3) is 4.10. The first-order valence-corrected chi connectivity index (χ1v) is 7.23. The average molecular weight is 305 g/mol. The van der Waals surface area contributed by atoms with Crippen molar-refractivity contribution >= 4 is 11.8 Å². The molecule has 0 atom stereocenters. The maximum Gasteiger partial charge on any atom is 0.407 e. The first-order chi connectivity index (χ1) is 10.3. The molecular formula is C16H20FN3O2. The lowest BCUT2D eigenvalue weighted by Gasteiger charge is -2.37. The van der Waals surface area contributed by atoms with E-state index in [1.807, 2.05) is 26.8 Å². The predicted molar refractivity (Wildman–Crippen MR) is 80.9 cm³/mol. The first kappa shape index (κ1) is 16.1. The topological polar surface area (TPSA) is 74.2 Å². The van der Waals surface area contributed by atoms with Crippen molar-refractivity contribution in [1.82, 2.24) is 5.32 Å². The number of nitrogens with one attached hydrogen (secondary N) is 2. The van der Waals surface area contributed by atoms with Crippen LogP contribution in [-0.4, -0.2) is 23.8 Å². The standard InChI is InChI=1S/C16H20FN3O2/c1-16(2,3)22-15(21)20-11-7-10(8-11)19-14-6-4-5-13(17)12(14)9-18/h4-6,10-11,19H,7-8H2,1-3H3,(H,20,21). The van der Waals surface area contributed by atoms with E-state index in [1.165, 1.54) is 6.07 Å². The first-order valence-electron chi connectivity index (χ1n) is 7.23. The van der Waals surface area contributed by atoms with Gasteiger partial charge in [-0.3, -0.25) is 0 Å². The zero-order valence-corrected chi connectivity index (χ0v) is 12.9. The number of hydrogen-bond donors (Lipinski definition) is 2. The minimum Gasteiger partial charge on any atom is -0.444 e. The number of carbonyl (C=O) groups is 1. The summed E-state index contributed by atoms with van der Waals surface area (Å²) in [5, 5.41) is 14.9. The number of nitrogens with zero attached hydrogens (tertiary/aromatic N) is 1. The smallest absolute Gasteiger partial charge is 0.407 e. The fourth-order valence-corrected chi connectivity index (χ4v) is 2.31. The highest BCUT2D eigenvalue weighted by atomic mass is 19.1. The largest absolute Gasteiger partial charge is 0.444 e. The Balaban J connectivity index is 1.82. The zero-order valence-electron chi connectivity index (χ0n) is 12.9. The van der Waals surface area contributed by atoms with Crippen LogP contribution in [0.5, 0.6) is 0 Å². The van der Waals surface area contributed by atoms with E-state index in [-0.39, 0.29) is 17.6 Å². The van der Waals surface area contributed by atoms with Gasteiger partial charge in [0.25, 0.3) is 0 Å². The maximum atomic E-state index is 13.5. The van der Waals surface area contributed by atoms with Crippen molar-refractivity contribution in [3.05, 3.63) is 29.6 Å². The van der Waals surface area contributed by atoms with Gasteiger partial charge in [0, 0.05) is 12.1 Å². The Kier molecular flexibility index (Phi) is 4.55. The fourth-order valence-electron chi connectivity index (χ4n) is 2.31. The molecule has 0 aliphatic heterocycles. The van der Waals surface area contributed by atoms with Gasteiger partial charge in [0.15, 0.2) is 0 Å². The average Bonchev–Trinajstić information content (AvgIpc) is 2.34. The molecule has 1 aromatic rings. The van der Waals surface area contributed by atoms with Gasteiger partial charge in [-0.05, 0) is 45.7 Å². The molecule has 6 heteroatoms. The molecule has 118 valence electrons. The van der Waals surface area contributed by atoms with Crippen molar-refractivity contribution < 1.29 is 13.9 Å². The van der Waals surface area contributed by atoms with Crippen molar-refractivity contribution in [2.24, 2.45) is 0 Å². The molecule has 5 nitrogen and oxygen atoms in total.